The van der Waals surface area contributed by atoms with E-state index in [4.69, 9.17) is 0 Å². The second kappa shape index (κ2) is 13.0. The Morgan fingerprint density at radius 3 is 1.68 bits per heavy atom. The maximum absolute atomic E-state index is 3.90. The zero-order valence-electron chi connectivity index (χ0n) is 21.0. The summed E-state index contributed by atoms with van der Waals surface area (Å²) in [5, 5.41) is 11.7. The highest BCUT2D eigenvalue weighted by Gasteiger charge is 2.19. The van der Waals surface area contributed by atoms with E-state index in [1.807, 2.05) is 0 Å². The first-order valence-electron chi connectivity index (χ1n) is 12.9. The Morgan fingerprint density at radius 1 is 0.541 bits per heavy atom. The summed E-state index contributed by atoms with van der Waals surface area (Å²) >= 11 is 0. The molecule has 184 valence electrons. The summed E-state index contributed by atoms with van der Waals surface area (Å²) in [6.07, 6.45) is 0.967. The van der Waals surface area contributed by atoms with Crippen LogP contribution in [0, 0.1) is 0 Å². The van der Waals surface area contributed by atoms with Crippen LogP contribution in [0.1, 0.15) is 11.1 Å². The van der Waals surface area contributed by atoms with Crippen LogP contribution in [0.15, 0.2) is 146 Å². The number of rotatable bonds is 11. The van der Waals surface area contributed by atoms with Crippen LogP contribution < -0.4 is 26.5 Å². The van der Waals surface area contributed by atoms with Gasteiger partial charge in [-0.25, -0.2) is 0 Å². The van der Waals surface area contributed by atoms with Crippen molar-refractivity contribution in [2.75, 3.05) is 11.9 Å². The van der Waals surface area contributed by atoms with Gasteiger partial charge >= 0.3 is 0 Å². The van der Waals surface area contributed by atoms with Crippen molar-refractivity contribution < 1.29 is 0 Å². The van der Waals surface area contributed by atoms with E-state index in [0.29, 0.717) is 0 Å². The van der Waals surface area contributed by atoms with Gasteiger partial charge in [0.05, 0.1) is 0 Å². The van der Waals surface area contributed by atoms with E-state index < -0.39 is 7.92 Å². The molecule has 1 atom stereocenters. The van der Waals surface area contributed by atoms with Gasteiger partial charge in [0.25, 0.3) is 0 Å². The molecule has 0 radical (unpaired) electrons. The number of hydrogen-bond donors (Lipinski definition) is 2. The average molecular weight is 501 g/mol. The number of nitrogens with one attached hydrogen (secondary N) is 2. The molecule has 0 fully saturated rings. The molecule has 3 heteroatoms. The summed E-state index contributed by atoms with van der Waals surface area (Å²) in [5.41, 5.74) is 3.86. The fourth-order valence-electron chi connectivity index (χ4n) is 4.63. The van der Waals surface area contributed by atoms with Crippen LogP contribution in [-0.4, -0.2) is 12.6 Å². The fourth-order valence-corrected chi connectivity index (χ4v) is 7.10. The van der Waals surface area contributed by atoms with Crippen molar-refractivity contribution in [1.29, 1.82) is 0 Å². The van der Waals surface area contributed by atoms with Crippen molar-refractivity contribution >= 4 is 29.5 Å². The molecule has 0 aliphatic rings. The Morgan fingerprint density at radius 2 is 1.05 bits per heavy atom. The summed E-state index contributed by atoms with van der Waals surface area (Å²) in [6.45, 7) is 1.68. The molecule has 0 amide bonds. The van der Waals surface area contributed by atoms with Gasteiger partial charge in [0.1, 0.15) is 0 Å². The molecule has 5 aromatic rings. The van der Waals surface area contributed by atoms with Crippen LogP contribution in [-0.2, 0) is 13.0 Å². The van der Waals surface area contributed by atoms with E-state index in [2.05, 4.69) is 156 Å². The molecule has 5 aromatic carbocycles. The van der Waals surface area contributed by atoms with Crippen LogP contribution in [0.2, 0.25) is 0 Å². The molecule has 0 spiro atoms. The number of hydrogen-bond acceptors (Lipinski definition) is 2. The molecule has 0 unspecified atom stereocenters. The summed E-state index contributed by atoms with van der Waals surface area (Å²) in [5.74, 6) is 0. The predicted molar refractivity (Wildman–Crippen MR) is 161 cm³/mol. The Bertz CT molecular complexity index is 1300. The van der Waals surface area contributed by atoms with E-state index in [1.165, 1.54) is 27.0 Å². The van der Waals surface area contributed by atoms with Gasteiger partial charge in [-0.3, -0.25) is 0 Å². The minimum absolute atomic E-state index is 0.287. The normalized spacial score (nSPS) is 11.8. The van der Waals surface area contributed by atoms with Gasteiger partial charge in [-0.2, -0.15) is 0 Å². The highest BCUT2D eigenvalue weighted by molar-refractivity contribution is 7.79. The van der Waals surface area contributed by atoms with E-state index in [-0.39, 0.29) is 6.04 Å². The lowest BCUT2D eigenvalue weighted by atomic mass is 10.1. The average Bonchev–Trinajstić information content (AvgIpc) is 2.97. The van der Waals surface area contributed by atoms with E-state index in [1.54, 1.807) is 0 Å². The first-order valence-corrected chi connectivity index (χ1v) is 14.3. The van der Waals surface area contributed by atoms with Crippen LogP contribution in [0.4, 0.5) is 5.69 Å². The van der Waals surface area contributed by atoms with Gasteiger partial charge in [0.2, 0.25) is 0 Å². The number of benzene rings is 5. The van der Waals surface area contributed by atoms with Crippen molar-refractivity contribution in [3.63, 3.8) is 0 Å². The quantitative estimate of drug-likeness (QED) is 0.209. The molecule has 0 aliphatic carbocycles. The largest absolute Gasteiger partial charge is 0.383 e. The summed E-state index contributed by atoms with van der Waals surface area (Å²) < 4.78 is 0. The lowest BCUT2D eigenvalue weighted by Gasteiger charge is -2.25. The van der Waals surface area contributed by atoms with E-state index in [0.717, 1.165) is 25.2 Å². The summed E-state index contributed by atoms with van der Waals surface area (Å²) in [4.78, 5) is 0. The third kappa shape index (κ3) is 6.95. The molecule has 0 saturated carbocycles. The second-order valence-electron chi connectivity index (χ2n) is 9.15. The zero-order valence-corrected chi connectivity index (χ0v) is 21.9. The Balaban J connectivity index is 1.39. The summed E-state index contributed by atoms with van der Waals surface area (Å²) in [6, 6.07) is 52.3. The predicted octanol–water partition coefficient (Wildman–Crippen LogP) is 6.26. The van der Waals surface area contributed by atoms with E-state index in [9.17, 15) is 0 Å². The molecule has 2 nitrogen and oxygen atoms in total. The Labute approximate surface area is 222 Å². The van der Waals surface area contributed by atoms with Gasteiger partial charge in [-0.15, -0.1) is 0 Å². The van der Waals surface area contributed by atoms with Crippen LogP contribution in [0.5, 0.6) is 0 Å². The van der Waals surface area contributed by atoms with Crippen molar-refractivity contribution in [3.05, 3.63) is 157 Å². The fraction of sp³-hybridized carbons (Fsp3) is 0.118. The van der Waals surface area contributed by atoms with Crippen LogP contribution in [0.25, 0.3) is 0 Å². The van der Waals surface area contributed by atoms with Crippen molar-refractivity contribution in [1.82, 2.24) is 5.32 Å². The number of para-hydroxylation sites is 1. The van der Waals surface area contributed by atoms with Gasteiger partial charge in [0, 0.05) is 24.8 Å². The zero-order chi connectivity index (χ0) is 25.1. The topological polar surface area (TPSA) is 24.1 Å². The van der Waals surface area contributed by atoms with Gasteiger partial charge in [0.15, 0.2) is 0 Å². The molecule has 0 heterocycles. The maximum atomic E-state index is 3.90. The van der Waals surface area contributed by atoms with Crippen LogP contribution >= 0.6 is 7.92 Å². The van der Waals surface area contributed by atoms with Crippen molar-refractivity contribution in [2.24, 2.45) is 0 Å². The molecule has 0 saturated heterocycles. The highest BCUT2D eigenvalue weighted by Crippen LogP contribution is 2.34. The van der Waals surface area contributed by atoms with Gasteiger partial charge in [-0.05, 0) is 53.5 Å². The third-order valence-corrected chi connectivity index (χ3v) is 9.04. The SMILES string of the molecule is c1ccc(C[C@H](CNc2ccccc2)NCc2ccccc2P(c2ccccc2)c2ccccc2)cc1. The molecule has 0 aliphatic heterocycles. The summed E-state index contributed by atoms with van der Waals surface area (Å²) in [7, 11) is -0.645. The smallest absolute Gasteiger partial charge is 0.0340 e. The first kappa shape index (κ1) is 25.0. The second-order valence-corrected chi connectivity index (χ2v) is 11.3. The van der Waals surface area contributed by atoms with Crippen molar-refractivity contribution in [3.8, 4) is 0 Å². The van der Waals surface area contributed by atoms with Crippen molar-refractivity contribution in [2.45, 2.75) is 19.0 Å². The first-order chi connectivity index (χ1) is 18.4. The molecule has 5 rings (SSSR count). The maximum Gasteiger partial charge on any atom is 0.0340 e. The van der Waals surface area contributed by atoms with E-state index >= 15 is 0 Å². The molecular formula is C34H33N2P. The number of anilines is 1. The molecule has 0 bridgehead atoms. The molecular weight excluding hydrogens is 467 g/mol. The molecule has 2 N–H and O–H groups in total. The van der Waals surface area contributed by atoms with Gasteiger partial charge < -0.3 is 10.6 Å². The minimum atomic E-state index is -0.645. The Hall–Kier alpha value is -3.71. The van der Waals surface area contributed by atoms with Crippen LogP contribution in [0.3, 0.4) is 0 Å². The lowest BCUT2D eigenvalue weighted by molar-refractivity contribution is 0.527. The monoisotopic (exact) mass is 500 g/mol. The van der Waals surface area contributed by atoms with Gasteiger partial charge in [-0.1, -0.05) is 133 Å². The minimum Gasteiger partial charge on any atom is -0.383 e. The highest BCUT2D eigenvalue weighted by atomic mass is 31.1. The standard InChI is InChI=1S/C34H33N2P/c1-5-15-28(16-6-1)25-31(27-36-30-18-7-2-8-19-30)35-26-29-17-13-14-24-34(29)37(32-20-9-3-10-21-32)33-22-11-4-12-23-33/h1-24,31,35-36H,25-27H2/t31-/m1/s1. The molecule has 37 heavy (non-hydrogen) atoms. The Kier molecular flexibility index (Phi) is 8.78. The third-order valence-electron chi connectivity index (χ3n) is 6.49. The lowest BCUT2D eigenvalue weighted by Crippen LogP contribution is -2.38. The molecule has 0 aromatic heterocycles.